The van der Waals surface area contributed by atoms with Gasteiger partial charge in [-0.15, -0.1) is 11.3 Å². The summed E-state index contributed by atoms with van der Waals surface area (Å²) in [4.78, 5) is 13.1. The number of thiophene rings is 1. The van der Waals surface area contributed by atoms with E-state index in [1.165, 1.54) is 11.3 Å². The first-order valence-electron chi connectivity index (χ1n) is 8.19. The van der Waals surface area contributed by atoms with E-state index in [0.717, 1.165) is 15.6 Å². The van der Waals surface area contributed by atoms with Gasteiger partial charge in [-0.3, -0.25) is 10.1 Å². The maximum absolute atomic E-state index is 12.6. The number of benzene rings is 2. The number of halogens is 1. The Bertz CT molecular complexity index is 853. The average Bonchev–Trinajstić information content (AvgIpc) is 3.07. The minimum absolute atomic E-state index is 0.194. The van der Waals surface area contributed by atoms with Gasteiger partial charge in [-0.1, -0.05) is 60.7 Å². The zero-order chi connectivity index (χ0) is 18.4. The van der Waals surface area contributed by atoms with Gasteiger partial charge in [0.25, 0.3) is 5.91 Å². The lowest BCUT2D eigenvalue weighted by atomic mass is 10.2. The molecule has 1 unspecified atom stereocenters. The van der Waals surface area contributed by atoms with Crippen LogP contribution in [0.4, 0.5) is 0 Å². The van der Waals surface area contributed by atoms with Gasteiger partial charge in [-0.2, -0.15) is 0 Å². The molecule has 3 aromatic rings. The number of carbonyl (C=O) groups is 1. The van der Waals surface area contributed by atoms with Crippen LogP contribution in [0.3, 0.4) is 0 Å². The van der Waals surface area contributed by atoms with Crippen molar-refractivity contribution in [2.75, 3.05) is 0 Å². The largest absolute Gasteiger partial charge is 0.374 e. The number of nitrogens with one attached hydrogen (secondary N) is 2. The number of rotatable bonds is 7. The summed E-state index contributed by atoms with van der Waals surface area (Å²) >= 11 is 4.75. The molecule has 0 spiro atoms. The van der Waals surface area contributed by atoms with Gasteiger partial charge in [0.1, 0.15) is 11.1 Å². The summed E-state index contributed by atoms with van der Waals surface area (Å²) in [7, 11) is 0. The van der Waals surface area contributed by atoms with Crippen molar-refractivity contribution >= 4 is 33.2 Å². The van der Waals surface area contributed by atoms with Crippen LogP contribution in [0.15, 0.2) is 70.5 Å². The van der Waals surface area contributed by atoms with E-state index in [4.69, 9.17) is 0 Å². The Kier molecular flexibility index (Phi) is 6.57. The third-order valence-electron chi connectivity index (χ3n) is 3.90. The Balaban J connectivity index is 1.66. The van der Waals surface area contributed by atoms with Gasteiger partial charge < -0.3 is 10.4 Å². The predicted molar refractivity (Wildman–Crippen MR) is 108 cm³/mol. The molecule has 1 amide bonds. The van der Waals surface area contributed by atoms with Crippen molar-refractivity contribution in [2.24, 2.45) is 0 Å². The topological polar surface area (TPSA) is 61.4 Å². The zero-order valence-electron chi connectivity index (χ0n) is 14.0. The van der Waals surface area contributed by atoms with E-state index in [1.807, 2.05) is 66.0 Å². The van der Waals surface area contributed by atoms with Crippen LogP contribution in [0.25, 0.3) is 0 Å². The lowest BCUT2D eigenvalue weighted by Gasteiger charge is -2.15. The number of carbonyl (C=O) groups excluding carboxylic acids is 1. The highest BCUT2D eigenvalue weighted by Gasteiger charge is 2.22. The van der Waals surface area contributed by atoms with Gasteiger partial charge in [0, 0.05) is 28.5 Å². The molecule has 0 aliphatic heterocycles. The summed E-state index contributed by atoms with van der Waals surface area (Å²) in [5, 5.41) is 18.3. The normalized spacial score (nSPS) is 11.9. The van der Waals surface area contributed by atoms with Crippen LogP contribution in [-0.4, -0.2) is 11.0 Å². The summed E-state index contributed by atoms with van der Waals surface area (Å²) in [5.74, 6) is -0.194. The quantitative estimate of drug-likeness (QED) is 0.491. The van der Waals surface area contributed by atoms with Crippen molar-refractivity contribution < 1.29 is 9.90 Å². The SMILES string of the molecule is O=C(NCc1ccccc1)c1scc(Br)c1C(O)NCc1ccccc1. The van der Waals surface area contributed by atoms with Crippen LogP contribution in [0, 0.1) is 0 Å². The van der Waals surface area contributed by atoms with E-state index in [0.29, 0.717) is 23.5 Å². The number of hydrogen-bond donors (Lipinski definition) is 3. The van der Waals surface area contributed by atoms with E-state index in [2.05, 4.69) is 26.6 Å². The molecule has 0 saturated heterocycles. The molecule has 0 bridgehead atoms. The molecule has 0 fully saturated rings. The molecule has 0 radical (unpaired) electrons. The van der Waals surface area contributed by atoms with Crippen molar-refractivity contribution in [1.82, 2.24) is 10.6 Å². The first-order valence-corrected chi connectivity index (χ1v) is 9.87. The molecule has 4 nitrogen and oxygen atoms in total. The van der Waals surface area contributed by atoms with Crippen LogP contribution in [0.5, 0.6) is 0 Å². The Morgan fingerprint density at radius 3 is 2.19 bits per heavy atom. The molecule has 1 atom stereocenters. The van der Waals surface area contributed by atoms with Gasteiger partial charge in [-0.05, 0) is 27.1 Å². The minimum Gasteiger partial charge on any atom is -0.374 e. The van der Waals surface area contributed by atoms with E-state index in [-0.39, 0.29) is 5.91 Å². The highest BCUT2D eigenvalue weighted by Crippen LogP contribution is 2.32. The van der Waals surface area contributed by atoms with Crippen molar-refractivity contribution in [3.05, 3.63) is 92.1 Å². The first-order chi connectivity index (χ1) is 12.6. The lowest BCUT2D eigenvalue weighted by molar-refractivity contribution is 0.0940. The standard InChI is InChI=1S/C20H19BrN2O2S/c21-16-13-26-18(20(25)23-12-15-9-5-2-6-10-15)17(16)19(24)22-11-14-7-3-1-4-8-14/h1-10,13,19,22,24H,11-12H2,(H,23,25). The second kappa shape index (κ2) is 9.09. The fourth-order valence-electron chi connectivity index (χ4n) is 2.55. The zero-order valence-corrected chi connectivity index (χ0v) is 16.4. The smallest absolute Gasteiger partial charge is 0.262 e. The van der Waals surface area contributed by atoms with Crippen molar-refractivity contribution in [2.45, 2.75) is 19.3 Å². The van der Waals surface area contributed by atoms with Crippen molar-refractivity contribution in [3.8, 4) is 0 Å². The highest BCUT2D eigenvalue weighted by molar-refractivity contribution is 9.10. The summed E-state index contributed by atoms with van der Waals surface area (Å²) in [5.41, 5.74) is 2.66. The summed E-state index contributed by atoms with van der Waals surface area (Å²) in [6.45, 7) is 0.956. The number of aliphatic hydroxyl groups is 1. The maximum atomic E-state index is 12.6. The van der Waals surface area contributed by atoms with Gasteiger partial charge in [0.05, 0.1) is 0 Å². The molecule has 0 aliphatic carbocycles. The van der Waals surface area contributed by atoms with E-state index < -0.39 is 6.23 Å². The second-order valence-electron chi connectivity index (χ2n) is 5.76. The molecular weight excluding hydrogens is 412 g/mol. The van der Waals surface area contributed by atoms with Gasteiger partial charge in [-0.25, -0.2) is 0 Å². The third-order valence-corrected chi connectivity index (χ3v) is 5.85. The molecule has 134 valence electrons. The molecule has 26 heavy (non-hydrogen) atoms. The Morgan fingerprint density at radius 1 is 1.00 bits per heavy atom. The summed E-state index contributed by atoms with van der Waals surface area (Å²) in [6.07, 6.45) is -0.937. The van der Waals surface area contributed by atoms with Gasteiger partial charge in [0.2, 0.25) is 0 Å². The van der Waals surface area contributed by atoms with Crippen molar-refractivity contribution in [1.29, 1.82) is 0 Å². The Morgan fingerprint density at radius 2 is 1.58 bits per heavy atom. The van der Waals surface area contributed by atoms with Crippen LogP contribution in [0.1, 0.15) is 32.6 Å². The number of hydrogen-bond acceptors (Lipinski definition) is 4. The average molecular weight is 431 g/mol. The van der Waals surface area contributed by atoms with Crippen LogP contribution in [0.2, 0.25) is 0 Å². The molecule has 2 aromatic carbocycles. The van der Waals surface area contributed by atoms with E-state index >= 15 is 0 Å². The minimum atomic E-state index is -0.937. The van der Waals surface area contributed by atoms with E-state index in [9.17, 15) is 9.90 Å². The van der Waals surface area contributed by atoms with E-state index in [1.54, 1.807) is 0 Å². The third kappa shape index (κ3) is 4.80. The van der Waals surface area contributed by atoms with Crippen molar-refractivity contribution in [3.63, 3.8) is 0 Å². The maximum Gasteiger partial charge on any atom is 0.262 e. The van der Waals surface area contributed by atoms with Crippen LogP contribution >= 0.6 is 27.3 Å². The summed E-state index contributed by atoms with van der Waals surface area (Å²) in [6, 6.07) is 19.5. The first kappa shape index (κ1) is 18.8. The van der Waals surface area contributed by atoms with Crippen LogP contribution in [-0.2, 0) is 13.1 Å². The fourth-order valence-corrected chi connectivity index (χ4v) is 4.25. The highest BCUT2D eigenvalue weighted by atomic mass is 79.9. The summed E-state index contributed by atoms with van der Waals surface area (Å²) < 4.78 is 0.723. The fraction of sp³-hybridized carbons (Fsp3) is 0.150. The van der Waals surface area contributed by atoms with Gasteiger partial charge in [0.15, 0.2) is 0 Å². The molecule has 0 saturated carbocycles. The molecule has 3 rings (SSSR count). The van der Waals surface area contributed by atoms with Gasteiger partial charge >= 0.3 is 0 Å². The molecular formula is C20H19BrN2O2S. The Hall–Kier alpha value is -1.99. The molecule has 6 heteroatoms. The monoisotopic (exact) mass is 430 g/mol. The second-order valence-corrected chi connectivity index (χ2v) is 7.50. The lowest BCUT2D eigenvalue weighted by Crippen LogP contribution is -2.26. The van der Waals surface area contributed by atoms with Crippen LogP contribution < -0.4 is 10.6 Å². The number of amides is 1. The molecule has 1 aromatic heterocycles. The Labute approximate surface area is 165 Å². The number of aliphatic hydroxyl groups excluding tert-OH is 1. The predicted octanol–water partition coefficient (Wildman–Crippen LogP) is 4.22. The molecule has 0 aliphatic rings. The molecule has 3 N–H and O–H groups in total. The molecule has 1 heterocycles.